The van der Waals surface area contributed by atoms with Crippen LogP contribution in [0.3, 0.4) is 0 Å². The van der Waals surface area contributed by atoms with Crippen molar-refractivity contribution in [3.8, 4) is 0 Å². The fourth-order valence-corrected chi connectivity index (χ4v) is 2.55. The van der Waals surface area contributed by atoms with Crippen molar-refractivity contribution in [3.05, 3.63) is 0 Å². The number of hydrogen-bond donors (Lipinski definition) is 2. The van der Waals surface area contributed by atoms with Crippen LogP contribution in [0.5, 0.6) is 0 Å². The molecule has 2 heteroatoms. The summed E-state index contributed by atoms with van der Waals surface area (Å²) in [5.41, 5.74) is 0.675. The molecule has 1 aliphatic rings. The maximum absolute atomic E-state index is 3.92. The summed E-state index contributed by atoms with van der Waals surface area (Å²) >= 11 is 0. The molecule has 0 spiro atoms. The van der Waals surface area contributed by atoms with Crippen molar-refractivity contribution in [3.63, 3.8) is 0 Å². The largest absolute Gasteiger partial charge is 0.313 e. The predicted molar refractivity (Wildman–Crippen MR) is 62.6 cm³/mol. The van der Waals surface area contributed by atoms with Crippen LogP contribution in [-0.4, -0.2) is 24.2 Å². The molecule has 0 aromatic rings. The van der Waals surface area contributed by atoms with Crippen LogP contribution in [0, 0.1) is 0 Å². The number of nitrogens with one attached hydrogen (secondary N) is 2. The Labute approximate surface area is 88.8 Å². The van der Waals surface area contributed by atoms with E-state index in [1.54, 1.807) is 0 Å². The molecule has 0 atom stereocenters. The van der Waals surface area contributed by atoms with Crippen molar-refractivity contribution in [1.29, 1.82) is 0 Å². The number of hydrogen-bond acceptors (Lipinski definition) is 2. The molecule has 0 amide bonds. The summed E-state index contributed by atoms with van der Waals surface area (Å²) in [7, 11) is 0. The van der Waals surface area contributed by atoms with E-state index in [2.05, 4.69) is 38.3 Å². The molecule has 1 aliphatic heterocycles. The molecular formula is C12H26N2. The summed E-state index contributed by atoms with van der Waals surface area (Å²) in [5.74, 6) is 0. The molecule has 2 nitrogen and oxygen atoms in total. The van der Waals surface area contributed by atoms with Crippen LogP contribution in [0.15, 0.2) is 0 Å². The van der Waals surface area contributed by atoms with Crippen LogP contribution in [0.1, 0.15) is 53.4 Å². The van der Waals surface area contributed by atoms with Crippen molar-refractivity contribution < 1.29 is 0 Å². The summed E-state index contributed by atoms with van der Waals surface area (Å²) in [5, 5.41) is 7.52. The van der Waals surface area contributed by atoms with Crippen molar-refractivity contribution in [1.82, 2.24) is 10.6 Å². The first-order chi connectivity index (χ1) is 6.66. The van der Waals surface area contributed by atoms with Gasteiger partial charge >= 0.3 is 0 Å². The molecule has 0 radical (unpaired) electrons. The van der Waals surface area contributed by atoms with E-state index in [1.807, 2.05) is 0 Å². The van der Waals surface area contributed by atoms with Gasteiger partial charge in [0.25, 0.3) is 0 Å². The summed E-state index contributed by atoms with van der Waals surface area (Å²) in [6, 6.07) is 0. The highest BCUT2D eigenvalue weighted by molar-refractivity contribution is 5.03. The Morgan fingerprint density at radius 2 is 1.14 bits per heavy atom. The van der Waals surface area contributed by atoms with Gasteiger partial charge in [-0.1, -0.05) is 27.7 Å². The normalized spacial score (nSPS) is 24.9. The zero-order chi connectivity index (χ0) is 10.7. The maximum atomic E-state index is 3.92. The zero-order valence-electron chi connectivity index (χ0n) is 10.2. The van der Waals surface area contributed by atoms with Gasteiger partial charge in [0.1, 0.15) is 0 Å². The molecule has 14 heavy (non-hydrogen) atoms. The van der Waals surface area contributed by atoms with E-state index in [-0.39, 0.29) is 0 Å². The Morgan fingerprint density at radius 1 is 0.786 bits per heavy atom. The molecular weight excluding hydrogens is 172 g/mol. The van der Waals surface area contributed by atoms with Crippen LogP contribution in [0.4, 0.5) is 0 Å². The average molecular weight is 198 g/mol. The zero-order valence-corrected chi connectivity index (χ0v) is 10.2. The molecule has 1 heterocycles. The van der Waals surface area contributed by atoms with Gasteiger partial charge in [0.15, 0.2) is 0 Å². The monoisotopic (exact) mass is 198 g/mol. The predicted octanol–water partition coefficient (Wildman–Crippen LogP) is 2.30. The van der Waals surface area contributed by atoms with Crippen LogP contribution < -0.4 is 10.6 Å². The Bertz CT molecular complexity index is 151. The van der Waals surface area contributed by atoms with Crippen LogP contribution in [-0.2, 0) is 0 Å². The Kier molecular flexibility index (Phi) is 3.96. The third-order valence-electron chi connectivity index (χ3n) is 4.16. The molecule has 0 aliphatic carbocycles. The first-order valence-electron chi connectivity index (χ1n) is 6.16. The van der Waals surface area contributed by atoms with Crippen LogP contribution in [0.25, 0.3) is 0 Å². The van der Waals surface area contributed by atoms with E-state index in [1.165, 1.54) is 25.7 Å². The molecule has 0 aromatic carbocycles. The topological polar surface area (TPSA) is 24.1 Å². The minimum Gasteiger partial charge on any atom is -0.313 e. The highest BCUT2D eigenvalue weighted by Crippen LogP contribution is 2.26. The molecule has 0 bridgehead atoms. The van der Waals surface area contributed by atoms with E-state index < -0.39 is 0 Å². The lowest BCUT2D eigenvalue weighted by atomic mass is 9.81. The van der Waals surface area contributed by atoms with Crippen molar-refractivity contribution in [2.75, 3.05) is 13.1 Å². The smallest absolute Gasteiger partial charge is 0.0306 e. The minimum atomic E-state index is 0.338. The highest BCUT2D eigenvalue weighted by Gasteiger charge is 2.39. The van der Waals surface area contributed by atoms with Gasteiger partial charge in [0.2, 0.25) is 0 Å². The molecule has 2 N–H and O–H groups in total. The van der Waals surface area contributed by atoms with Gasteiger partial charge < -0.3 is 10.6 Å². The molecule has 0 unspecified atom stereocenters. The summed E-state index contributed by atoms with van der Waals surface area (Å²) in [6.07, 6.45) is 4.88. The fourth-order valence-electron chi connectivity index (χ4n) is 2.55. The highest BCUT2D eigenvalue weighted by atomic mass is 15.2. The average Bonchev–Trinajstić information content (AvgIpc) is 2.29. The van der Waals surface area contributed by atoms with E-state index in [9.17, 15) is 0 Å². The SMILES string of the molecule is CCC1(CC)CNCC(CC)(CC)N1. The molecule has 1 saturated heterocycles. The lowest BCUT2D eigenvalue weighted by Crippen LogP contribution is -2.69. The molecule has 1 rings (SSSR count). The first-order valence-corrected chi connectivity index (χ1v) is 6.16. The van der Waals surface area contributed by atoms with Crippen LogP contribution in [0.2, 0.25) is 0 Å². The maximum Gasteiger partial charge on any atom is 0.0306 e. The van der Waals surface area contributed by atoms with Gasteiger partial charge in [-0.25, -0.2) is 0 Å². The van der Waals surface area contributed by atoms with Crippen molar-refractivity contribution in [2.45, 2.75) is 64.5 Å². The fraction of sp³-hybridized carbons (Fsp3) is 1.00. The van der Waals surface area contributed by atoms with Gasteiger partial charge in [-0.15, -0.1) is 0 Å². The van der Waals surface area contributed by atoms with E-state index >= 15 is 0 Å². The van der Waals surface area contributed by atoms with E-state index in [0.29, 0.717) is 11.1 Å². The Balaban J connectivity index is 2.75. The number of rotatable bonds is 4. The second-order valence-corrected chi connectivity index (χ2v) is 4.70. The van der Waals surface area contributed by atoms with Crippen molar-refractivity contribution in [2.24, 2.45) is 0 Å². The summed E-state index contributed by atoms with van der Waals surface area (Å²) in [6.45, 7) is 11.4. The van der Waals surface area contributed by atoms with Gasteiger partial charge in [-0.2, -0.15) is 0 Å². The lowest BCUT2D eigenvalue weighted by Gasteiger charge is -2.49. The van der Waals surface area contributed by atoms with Gasteiger partial charge in [-0.3, -0.25) is 0 Å². The molecule has 1 fully saturated rings. The molecule has 0 aromatic heterocycles. The first kappa shape index (κ1) is 12.0. The van der Waals surface area contributed by atoms with Gasteiger partial charge in [0, 0.05) is 24.2 Å². The Morgan fingerprint density at radius 3 is 1.43 bits per heavy atom. The van der Waals surface area contributed by atoms with Crippen molar-refractivity contribution >= 4 is 0 Å². The van der Waals surface area contributed by atoms with Crippen LogP contribution >= 0.6 is 0 Å². The third kappa shape index (κ3) is 2.12. The second-order valence-electron chi connectivity index (χ2n) is 4.70. The molecule has 0 saturated carbocycles. The van der Waals surface area contributed by atoms with E-state index in [4.69, 9.17) is 0 Å². The third-order valence-corrected chi connectivity index (χ3v) is 4.16. The lowest BCUT2D eigenvalue weighted by molar-refractivity contribution is 0.127. The molecule has 84 valence electrons. The minimum absolute atomic E-state index is 0.338. The van der Waals surface area contributed by atoms with E-state index in [0.717, 1.165) is 13.1 Å². The number of piperazine rings is 1. The van der Waals surface area contributed by atoms with Gasteiger partial charge in [0.05, 0.1) is 0 Å². The van der Waals surface area contributed by atoms with Gasteiger partial charge in [-0.05, 0) is 25.7 Å². The Hall–Kier alpha value is -0.0800. The quantitative estimate of drug-likeness (QED) is 0.724. The standard InChI is InChI=1S/C12H26N2/c1-5-11(6-2)9-13-10-12(7-3,8-4)14-11/h13-14H,5-10H2,1-4H3. The summed E-state index contributed by atoms with van der Waals surface area (Å²) < 4.78 is 0. The second kappa shape index (κ2) is 4.63. The summed E-state index contributed by atoms with van der Waals surface area (Å²) in [4.78, 5) is 0.